The van der Waals surface area contributed by atoms with Crippen molar-refractivity contribution in [3.63, 3.8) is 0 Å². The highest BCUT2D eigenvalue weighted by Crippen LogP contribution is 2.42. The first-order valence-corrected chi connectivity index (χ1v) is 8.56. The molecule has 0 bridgehead atoms. The van der Waals surface area contributed by atoms with Crippen LogP contribution in [0.25, 0.3) is 10.2 Å². The molecule has 2 unspecified atom stereocenters. The van der Waals surface area contributed by atoms with Crippen LogP contribution < -0.4 is 0 Å². The molecule has 0 saturated carbocycles. The monoisotopic (exact) mass is 298 g/mol. The maximum absolute atomic E-state index is 9.07. The van der Waals surface area contributed by atoms with E-state index in [0.717, 1.165) is 33.9 Å². The van der Waals surface area contributed by atoms with E-state index >= 15 is 0 Å². The predicted molar refractivity (Wildman–Crippen MR) is 88.5 cm³/mol. The molecule has 1 aliphatic rings. The number of pyridine rings is 1. The summed E-state index contributed by atoms with van der Waals surface area (Å²) in [7, 11) is 0. The molecule has 3 heteroatoms. The summed E-state index contributed by atoms with van der Waals surface area (Å²) in [6.07, 6.45) is 3.43. The Labute approximate surface area is 130 Å². The van der Waals surface area contributed by atoms with Crippen LogP contribution >= 0.6 is 11.3 Å². The minimum absolute atomic E-state index is 0.333. The Morgan fingerprint density at radius 2 is 2.10 bits per heavy atom. The van der Waals surface area contributed by atoms with Gasteiger partial charge in [0.2, 0.25) is 0 Å². The lowest BCUT2D eigenvalue weighted by molar-refractivity contribution is 0.140. The van der Waals surface area contributed by atoms with E-state index < -0.39 is 0 Å². The highest BCUT2D eigenvalue weighted by molar-refractivity contribution is 7.19. The average Bonchev–Trinajstić information content (AvgIpc) is 2.84. The van der Waals surface area contributed by atoms with E-state index in [9.17, 15) is 0 Å². The van der Waals surface area contributed by atoms with Crippen LogP contribution in [0.2, 0.25) is 0 Å². The Kier molecular flexibility index (Phi) is 3.53. The van der Waals surface area contributed by atoms with Crippen molar-refractivity contribution in [1.29, 1.82) is 5.26 Å². The van der Waals surface area contributed by atoms with Gasteiger partial charge >= 0.3 is 0 Å². The van der Waals surface area contributed by atoms with Gasteiger partial charge in [-0.1, -0.05) is 34.1 Å². The molecule has 0 radical (unpaired) electrons. The molecule has 0 aromatic carbocycles. The van der Waals surface area contributed by atoms with Gasteiger partial charge in [0.1, 0.15) is 15.8 Å². The average molecular weight is 298 g/mol. The Hall–Kier alpha value is -1.40. The van der Waals surface area contributed by atoms with E-state index in [4.69, 9.17) is 10.2 Å². The summed E-state index contributed by atoms with van der Waals surface area (Å²) in [5.74, 6) is 1.43. The third-order valence-electron chi connectivity index (χ3n) is 4.89. The fraction of sp³-hybridized carbons (Fsp3) is 0.556. The maximum atomic E-state index is 9.07. The van der Waals surface area contributed by atoms with Gasteiger partial charge in [-0.15, -0.1) is 11.3 Å². The second-order valence-electron chi connectivity index (χ2n) is 7.26. The zero-order chi connectivity index (χ0) is 15.2. The van der Waals surface area contributed by atoms with Crippen molar-refractivity contribution in [2.24, 2.45) is 17.3 Å². The fourth-order valence-corrected chi connectivity index (χ4v) is 4.53. The number of aromatic nitrogens is 1. The van der Waals surface area contributed by atoms with Crippen LogP contribution in [0.15, 0.2) is 12.1 Å². The number of rotatable bonds is 1. The Morgan fingerprint density at radius 1 is 1.33 bits per heavy atom. The van der Waals surface area contributed by atoms with Crippen molar-refractivity contribution < 1.29 is 0 Å². The summed E-state index contributed by atoms with van der Waals surface area (Å²) in [5, 5.41) is 10.2. The summed E-state index contributed by atoms with van der Waals surface area (Å²) >= 11 is 1.51. The molecule has 3 rings (SSSR count). The van der Waals surface area contributed by atoms with E-state index in [1.165, 1.54) is 29.0 Å². The highest BCUT2D eigenvalue weighted by Gasteiger charge is 2.36. The van der Waals surface area contributed by atoms with Crippen LogP contribution in [0.1, 0.15) is 50.3 Å². The number of nitrogens with zero attached hydrogens (tertiary/aromatic N) is 2. The van der Waals surface area contributed by atoms with Gasteiger partial charge in [-0.05, 0) is 47.8 Å². The van der Waals surface area contributed by atoms with E-state index in [2.05, 4.69) is 39.8 Å². The van der Waals surface area contributed by atoms with Crippen molar-refractivity contribution in [2.75, 3.05) is 0 Å². The molecule has 2 aromatic heterocycles. The van der Waals surface area contributed by atoms with E-state index in [0.29, 0.717) is 11.3 Å². The van der Waals surface area contributed by atoms with Crippen LogP contribution in [0.3, 0.4) is 0 Å². The third-order valence-corrected chi connectivity index (χ3v) is 5.84. The molecular weight excluding hydrogens is 276 g/mol. The molecule has 110 valence electrons. The van der Waals surface area contributed by atoms with E-state index in [1.807, 2.05) is 6.07 Å². The second kappa shape index (κ2) is 5.10. The zero-order valence-corrected chi connectivity index (χ0v) is 14.0. The second-order valence-corrected chi connectivity index (χ2v) is 8.29. The molecule has 2 heterocycles. The summed E-state index contributed by atoms with van der Waals surface area (Å²) in [4.78, 5) is 6.65. The summed E-state index contributed by atoms with van der Waals surface area (Å²) in [5.41, 5.74) is 3.00. The molecule has 0 saturated heterocycles. The minimum atomic E-state index is 0.333. The highest BCUT2D eigenvalue weighted by atomic mass is 32.1. The normalized spacial score (nSPS) is 22.0. The van der Waals surface area contributed by atoms with Crippen molar-refractivity contribution in [2.45, 2.75) is 47.0 Å². The zero-order valence-electron chi connectivity index (χ0n) is 13.2. The van der Waals surface area contributed by atoms with E-state index in [-0.39, 0.29) is 0 Å². The molecule has 0 aliphatic heterocycles. The molecule has 2 aromatic rings. The van der Waals surface area contributed by atoms with Crippen LogP contribution in [0.4, 0.5) is 0 Å². The smallest absolute Gasteiger partial charge is 0.124 e. The van der Waals surface area contributed by atoms with Crippen LogP contribution in [-0.2, 0) is 12.8 Å². The summed E-state index contributed by atoms with van der Waals surface area (Å²) in [6, 6.07) is 6.49. The molecule has 0 fully saturated rings. The Bertz CT molecular complexity index is 715. The molecule has 21 heavy (non-hydrogen) atoms. The first-order valence-electron chi connectivity index (χ1n) is 7.74. The van der Waals surface area contributed by atoms with Crippen molar-refractivity contribution in [3.05, 3.63) is 28.3 Å². The lowest BCUT2D eigenvalue weighted by Gasteiger charge is -2.40. The van der Waals surface area contributed by atoms with Gasteiger partial charge in [0.15, 0.2) is 0 Å². The maximum Gasteiger partial charge on any atom is 0.124 e. The third kappa shape index (κ3) is 2.58. The Balaban J connectivity index is 2.06. The van der Waals surface area contributed by atoms with Gasteiger partial charge in [0.05, 0.1) is 0 Å². The molecule has 2 atom stereocenters. The van der Waals surface area contributed by atoms with Gasteiger partial charge in [-0.3, -0.25) is 0 Å². The first-order chi connectivity index (χ1) is 9.92. The van der Waals surface area contributed by atoms with Crippen LogP contribution in [-0.4, -0.2) is 4.98 Å². The van der Waals surface area contributed by atoms with Crippen molar-refractivity contribution in [1.82, 2.24) is 4.98 Å². The first kappa shape index (κ1) is 14.5. The number of thiophene rings is 1. The SMILES string of the molecule is CCC1Cc2nc3sc(C#N)cc3cc2CC1C(C)(C)C. The lowest BCUT2D eigenvalue weighted by atomic mass is 9.65. The van der Waals surface area contributed by atoms with Crippen LogP contribution in [0, 0.1) is 28.6 Å². The summed E-state index contributed by atoms with van der Waals surface area (Å²) < 4.78 is 0. The number of hydrogen-bond donors (Lipinski definition) is 0. The van der Waals surface area contributed by atoms with Crippen LogP contribution in [0.5, 0.6) is 0 Å². The quantitative estimate of drug-likeness (QED) is 0.746. The standard InChI is InChI=1S/C18H22N2S/c1-5-11-9-16-12(8-15(11)18(2,3)4)6-13-7-14(10-19)21-17(13)20-16/h6-7,11,15H,5,8-9H2,1-4H3. The number of hydrogen-bond acceptors (Lipinski definition) is 3. The van der Waals surface area contributed by atoms with Gasteiger partial charge < -0.3 is 0 Å². The minimum Gasteiger partial charge on any atom is -0.242 e. The van der Waals surface area contributed by atoms with Gasteiger partial charge in [0, 0.05) is 11.1 Å². The molecule has 1 aliphatic carbocycles. The molecule has 0 spiro atoms. The molecule has 2 nitrogen and oxygen atoms in total. The summed E-state index contributed by atoms with van der Waals surface area (Å²) in [6.45, 7) is 9.37. The van der Waals surface area contributed by atoms with Gasteiger partial charge in [0.25, 0.3) is 0 Å². The molecule has 0 N–H and O–H groups in total. The largest absolute Gasteiger partial charge is 0.242 e. The van der Waals surface area contributed by atoms with E-state index in [1.54, 1.807) is 0 Å². The van der Waals surface area contributed by atoms with Crippen molar-refractivity contribution >= 4 is 21.6 Å². The Morgan fingerprint density at radius 3 is 2.71 bits per heavy atom. The fourth-order valence-electron chi connectivity index (χ4n) is 3.70. The van der Waals surface area contributed by atoms with Gasteiger partial charge in [-0.2, -0.15) is 5.26 Å². The molecular formula is C18H22N2S. The number of fused-ring (bicyclic) bond motifs is 2. The molecule has 0 amide bonds. The topological polar surface area (TPSA) is 36.7 Å². The predicted octanol–water partition coefficient (Wildman–Crippen LogP) is 4.96. The van der Waals surface area contributed by atoms with Gasteiger partial charge in [-0.25, -0.2) is 4.98 Å². The lowest BCUT2D eigenvalue weighted by Crippen LogP contribution is -2.35. The number of nitriles is 1. The van der Waals surface area contributed by atoms with Crippen molar-refractivity contribution in [3.8, 4) is 6.07 Å².